The molecular formula is C11H12N2O. The monoisotopic (exact) mass is 188 g/mol. The van der Waals surface area contributed by atoms with Crippen LogP contribution in [0.3, 0.4) is 0 Å². The van der Waals surface area contributed by atoms with Crippen LogP contribution in [0.2, 0.25) is 0 Å². The second-order valence-electron chi connectivity index (χ2n) is 3.29. The Morgan fingerprint density at radius 3 is 2.93 bits per heavy atom. The van der Waals surface area contributed by atoms with Gasteiger partial charge < -0.3 is 4.74 Å². The Kier molecular flexibility index (Phi) is 2.51. The van der Waals surface area contributed by atoms with Crippen LogP contribution in [0.1, 0.15) is 22.7 Å². The lowest BCUT2D eigenvalue weighted by molar-refractivity contribution is 0.134. The lowest BCUT2D eigenvalue weighted by atomic mass is 10.0. The van der Waals surface area contributed by atoms with Gasteiger partial charge in [0.15, 0.2) is 0 Å². The van der Waals surface area contributed by atoms with Crippen LogP contribution in [0, 0.1) is 12.3 Å². The second kappa shape index (κ2) is 3.81. The van der Waals surface area contributed by atoms with E-state index >= 15 is 0 Å². The van der Waals surface area contributed by atoms with Crippen molar-refractivity contribution in [2.24, 2.45) is 5.84 Å². The first-order valence-electron chi connectivity index (χ1n) is 4.47. The molecule has 0 bridgehead atoms. The molecule has 1 aromatic carbocycles. The van der Waals surface area contributed by atoms with Crippen molar-refractivity contribution in [1.29, 1.82) is 0 Å². The largest absolute Gasteiger partial charge is 0.372 e. The van der Waals surface area contributed by atoms with E-state index in [1.54, 1.807) is 0 Å². The molecule has 1 heterocycles. The van der Waals surface area contributed by atoms with E-state index in [4.69, 9.17) is 17.0 Å². The number of hydrogen-bond donors (Lipinski definition) is 2. The molecule has 14 heavy (non-hydrogen) atoms. The van der Waals surface area contributed by atoms with Gasteiger partial charge in [0.1, 0.15) is 6.04 Å². The van der Waals surface area contributed by atoms with Crippen molar-refractivity contribution >= 4 is 0 Å². The molecule has 1 atom stereocenters. The quantitative estimate of drug-likeness (QED) is 0.411. The normalized spacial score (nSPS) is 16.0. The van der Waals surface area contributed by atoms with Gasteiger partial charge in [0.25, 0.3) is 0 Å². The summed E-state index contributed by atoms with van der Waals surface area (Å²) >= 11 is 0. The van der Waals surface area contributed by atoms with Crippen molar-refractivity contribution < 1.29 is 4.74 Å². The molecule has 1 aliphatic rings. The van der Waals surface area contributed by atoms with Crippen molar-refractivity contribution in [2.75, 3.05) is 0 Å². The molecule has 0 saturated heterocycles. The topological polar surface area (TPSA) is 47.3 Å². The van der Waals surface area contributed by atoms with E-state index in [1.807, 2.05) is 18.2 Å². The van der Waals surface area contributed by atoms with Crippen molar-refractivity contribution in [2.45, 2.75) is 19.3 Å². The molecule has 3 nitrogen and oxygen atoms in total. The molecule has 3 N–H and O–H groups in total. The summed E-state index contributed by atoms with van der Waals surface area (Å²) in [5.41, 5.74) is 6.04. The molecule has 3 heteroatoms. The summed E-state index contributed by atoms with van der Waals surface area (Å²) in [5, 5.41) is 0. The lowest BCUT2D eigenvalue weighted by Gasteiger charge is -2.10. The molecule has 1 aliphatic heterocycles. The highest BCUT2D eigenvalue weighted by atomic mass is 16.5. The first kappa shape index (κ1) is 9.22. The standard InChI is InChI=1S/C11H12N2O/c1-2-11(13-12)8-3-4-9-6-14-7-10(9)5-8/h1,3-5,11,13H,6-7,12H2. The number of benzene rings is 1. The molecular weight excluding hydrogens is 176 g/mol. The summed E-state index contributed by atoms with van der Waals surface area (Å²) in [4.78, 5) is 0. The minimum Gasteiger partial charge on any atom is -0.372 e. The van der Waals surface area contributed by atoms with E-state index in [0.29, 0.717) is 13.2 Å². The van der Waals surface area contributed by atoms with Crippen molar-refractivity contribution in [3.05, 3.63) is 34.9 Å². The fourth-order valence-corrected chi connectivity index (χ4v) is 1.61. The first-order valence-corrected chi connectivity index (χ1v) is 4.47. The molecule has 2 rings (SSSR count). The Labute approximate surface area is 83.2 Å². The summed E-state index contributed by atoms with van der Waals surface area (Å²) in [5.74, 6) is 7.92. The molecule has 0 saturated carbocycles. The van der Waals surface area contributed by atoms with Gasteiger partial charge in [0, 0.05) is 0 Å². The number of fused-ring (bicyclic) bond motifs is 1. The van der Waals surface area contributed by atoms with Crippen LogP contribution in [-0.4, -0.2) is 0 Å². The fourth-order valence-electron chi connectivity index (χ4n) is 1.61. The molecule has 0 amide bonds. The smallest absolute Gasteiger partial charge is 0.106 e. The molecule has 0 aromatic heterocycles. The Morgan fingerprint density at radius 1 is 1.43 bits per heavy atom. The number of nitrogens with one attached hydrogen (secondary N) is 1. The Morgan fingerprint density at radius 2 is 2.21 bits per heavy atom. The van der Waals surface area contributed by atoms with Crippen LogP contribution in [0.15, 0.2) is 18.2 Å². The maximum absolute atomic E-state index is 5.34. The summed E-state index contributed by atoms with van der Waals surface area (Å²) in [7, 11) is 0. The summed E-state index contributed by atoms with van der Waals surface area (Å²) in [6.45, 7) is 1.37. The van der Waals surface area contributed by atoms with Crippen LogP contribution in [0.4, 0.5) is 0 Å². The van der Waals surface area contributed by atoms with E-state index in [2.05, 4.69) is 11.3 Å². The highest BCUT2D eigenvalue weighted by molar-refractivity contribution is 5.36. The van der Waals surface area contributed by atoms with E-state index in [9.17, 15) is 0 Å². The number of ether oxygens (including phenoxy) is 1. The van der Waals surface area contributed by atoms with Crippen molar-refractivity contribution in [3.8, 4) is 12.3 Å². The predicted molar refractivity (Wildman–Crippen MR) is 53.8 cm³/mol. The molecule has 0 spiro atoms. The lowest BCUT2D eigenvalue weighted by Crippen LogP contribution is -2.26. The highest BCUT2D eigenvalue weighted by Gasteiger charge is 2.13. The molecule has 0 fully saturated rings. The molecule has 72 valence electrons. The fraction of sp³-hybridized carbons (Fsp3) is 0.273. The van der Waals surface area contributed by atoms with Crippen LogP contribution in [-0.2, 0) is 18.0 Å². The Hall–Kier alpha value is -1.34. The SMILES string of the molecule is C#CC(NN)c1ccc2c(c1)COC2. The van der Waals surface area contributed by atoms with E-state index < -0.39 is 0 Å². The molecule has 1 unspecified atom stereocenters. The third kappa shape index (κ3) is 1.51. The van der Waals surface area contributed by atoms with Crippen LogP contribution < -0.4 is 11.3 Å². The zero-order valence-corrected chi connectivity index (χ0v) is 7.79. The highest BCUT2D eigenvalue weighted by Crippen LogP contribution is 2.23. The van der Waals surface area contributed by atoms with Gasteiger partial charge in [-0.1, -0.05) is 24.1 Å². The van der Waals surface area contributed by atoms with Crippen LogP contribution in [0.25, 0.3) is 0 Å². The van der Waals surface area contributed by atoms with Crippen LogP contribution in [0.5, 0.6) is 0 Å². The first-order chi connectivity index (χ1) is 6.85. The van der Waals surface area contributed by atoms with Gasteiger partial charge >= 0.3 is 0 Å². The van der Waals surface area contributed by atoms with Gasteiger partial charge in [0.05, 0.1) is 13.2 Å². The number of hydrogen-bond acceptors (Lipinski definition) is 3. The predicted octanol–water partition coefficient (Wildman–Crippen LogP) is 0.854. The van der Waals surface area contributed by atoms with Gasteiger partial charge in [0.2, 0.25) is 0 Å². The average molecular weight is 188 g/mol. The van der Waals surface area contributed by atoms with Crippen molar-refractivity contribution in [1.82, 2.24) is 5.43 Å². The molecule has 1 aromatic rings. The second-order valence-corrected chi connectivity index (χ2v) is 3.29. The average Bonchev–Trinajstić information content (AvgIpc) is 2.66. The van der Waals surface area contributed by atoms with Gasteiger partial charge in [-0.3, -0.25) is 5.84 Å². The Bertz CT molecular complexity index is 381. The number of rotatable bonds is 2. The minimum atomic E-state index is -0.221. The number of hydrazine groups is 1. The van der Waals surface area contributed by atoms with E-state index in [1.165, 1.54) is 11.1 Å². The third-order valence-electron chi connectivity index (χ3n) is 2.41. The summed E-state index contributed by atoms with van der Waals surface area (Å²) in [6.07, 6.45) is 5.34. The van der Waals surface area contributed by atoms with E-state index in [0.717, 1.165) is 5.56 Å². The van der Waals surface area contributed by atoms with Gasteiger partial charge in [-0.2, -0.15) is 0 Å². The maximum atomic E-state index is 5.34. The van der Waals surface area contributed by atoms with Crippen molar-refractivity contribution in [3.63, 3.8) is 0 Å². The van der Waals surface area contributed by atoms with Gasteiger partial charge in [-0.05, 0) is 16.7 Å². The van der Waals surface area contributed by atoms with Gasteiger partial charge in [-0.15, -0.1) is 6.42 Å². The summed E-state index contributed by atoms with van der Waals surface area (Å²) < 4.78 is 5.31. The number of terminal acetylenes is 1. The van der Waals surface area contributed by atoms with Crippen LogP contribution >= 0.6 is 0 Å². The minimum absolute atomic E-state index is 0.221. The summed E-state index contributed by atoms with van der Waals surface area (Å²) in [6, 6.07) is 5.85. The zero-order valence-electron chi connectivity index (χ0n) is 7.79. The third-order valence-corrected chi connectivity index (χ3v) is 2.41. The zero-order chi connectivity index (χ0) is 9.97. The van der Waals surface area contributed by atoms with Gasteiger partial charge in [-0.25, -0.2) is 5.43 Å². The molecule has 0 radical (unpaired) electrons. The maximum Gasteiger partial charge on any atom is 0.106 e. The Balaban J connectivity index is 2.33. The number of nitrogens with two attached hydrogens (primary N) is 1. The molecule has 0 aliphatic carbocycles. The van der Waals surface area contributed by atoms with E-state index in [-0.39, 0.29) is 6.04 Å².